The van der Waals surface area contributed by atoms with Crippen LogP contribution >= 0.6 is 12.2 Å². The predicted octanol–water partition coefficient (Wildman–Crippen LogP) is 7.60. The van der Waals surface area contributed by atoms with Crippen LogP contribution in [0, 0.1) is 0 Å². The number of thiocarbonyl (C=S) groups is 1. The van der Waals surface area contributed by atoms with Crippen molar-refractivity contribution in [2.24, 2.45) is 0 Å². The summed E-state index contributed by atoms with van der Waals surface area (Å²) in [5.74, 6) is 0. The number of nitrogens with one attached hydrogen (secondary N) is 1. The van der Waals surface area contributed by atoms with Crippen molar-refractivity contribution in [1.82, 2.24) is 0 Å². The molecule has 23 heavy (non-hydrogen) atoms. The number of hydrogen-bond donors (Lipinski definition) is 0. The van der Waals surface area contributed by atoms with Crippen molar-refractivity contribution in [2.45, 2.75) is 110 Å². The Bertz CT molecular complexity index is 239. The Kier molecular flexibility index (Phi) is 24.9. The molecule has 0 unspecified atom stereocenters. The molecule has 138 valence electrons. The van der Waals surface area contributed by atoms with Crippen LogP contribution in [0.4, 0.5) is 0 Å². The monoisotopic (exact) mass is 426 g/mol. The van der Waals surface area contributed by atoms with E-state index in [1.54, 1.807) is 0 Å². The van der Waals surface area contributed by atoms with Crippen LogP contribution < -0.4 is 0 Å². The van der Waals surface area contributed by atoms with Crippen LogP contribution in [0.1, 0.15) is 110 Å². The van der Waals surface area contributed by atoms with Crippen LogP contribution in [0.25, 0.3) is 5.73 Å². The summed E-state index contributed by atoms with van der Waals surface area (Å²) >= 11 is 4.55. The van der Waals surface area contributed by atoms with E-state index in [1.807, 2.05) is 0 Å². The molecular formula is C19H38MoNOS-. The maximum Gasteiger partial charge on any atom is 0.0867 e. The summed E-state index contributed by atoms with van der Waals surface area (Å²) in [6, 6.07) is 0. The minimum Gasteiger partial charge on any atom is -0.659 e. The molecule has 0 atom stereocenters. The van der Waals surface area contributed by atoms with Crippen LogP contribution in [0.2, 0.25) is 0 Å². The molecule has 0 spiro atoms. The molecule has 0 saturated carbocycles. The van der Waals surface area contributed by atoms with E-state index < -0.39 is 0 Å². The molecule has 0 radical (unpaired) electrons. The molecule has 0 aliphatic carbocycles. The molecule has 0 aromatic rings. The van der Waals surface area contributed by atoms with Crippen molar-refractivity contribution in [3.05, 3.63) is 5.73 Å². The molecule has 0 amide bonds. The quantitative estimate of drug-likeness (QED) is 0.137. The molecule has 0 heterocycles. The molecule has 4 heteroatoms. The first-order chi connectivity index (χ1) is 10.8. The fourth-order valence-corrected chi connectivity index (χ4v) is 2.90. The minimum atomic E-state index is -0.0686. The number of rotatable bonds is 17. The molecule has 0 aromatic heterocycles. The average molecular weight is 425 g/mol. The molecular weight excluding hydrogens is 386 g/mol. The SMILES string of the molecule is CCCCCCCCCCCCCCCCCCOC([NH-])=S.[Mo]. The van der Waals surface area contributed by atoms with Crippen molar-refractivity contribution in [2.75, 3.05) is 6.61 Å². The van der Waals surface area contributed by atoms with Gasteiger partial charge in [-0.2, -0.15) is 0 Å². The Morgan fingerprint density at radius 2 is 0.957 bits per heavy atom. The summed E-state index contributed by atoms with van der Waals surface area (Å²) in [6.45, 7) is 2.91. The van der Waals surface area contributed by atoms with Gasteiger partial charge in [0.1, 0.15) is 0 Å². The molecule has 0 saturated heterocycles. The zero-order valence-electron chi connectivity index (χ0n) is 15.2. The second-order valence-electron chi connectivity index (χ2n) is 6.44. The Labute approximate surface area is 165 Å². The van der Waals surface area contributed by atoms with Gasteiger partial charge in [-0.05, 0) is 6.42 Å². The van der Waals surface area contributed by atoms with Crippen LogP contribution in [-0.2, 0) is 25.8 Å². The maximum absolute atomic E-state index is 6.98. The number of hydrogen-bond acceptors (Lipinski definition) is 2. The van der Waals surface area contributed by atoms with E-state index in [0.29, 0.717) is 6.61 Å². The Morgan fingerprint density at radius 3 is 1.26 bits per heavy atom. The molecule has 0 aliphatic heterocycles. The minimum absolute atomic E-state index is 0. The normalized spacial score (nSPS) is 10.3. The second-order valence-corrected chi connectivity index (χ2v) is 6.81. The molecule has 0 aliphatic rings. The zero-order valence-corrected chi connectivity index (χ0v) is 18.1. The Balaban J connectivity index is 0. The van der Waals surface area contributed by atoms with Crippen LogP contribution in [-0.4, -0.2) is 11.8 Å². The van der Waals surface area contributed by atoms with Gasteiger partial charge in [0, 0.05) is 21.1 Å². The van der Waals surface area contributed by atoms with Crippen molar-refractivity contribution >= 4 is 17.4 Å². The van der Waals surface area contributed by atoms with Gasteiger partial charge in [-0.3, -0.25) is 0 Å². The maximum atomic E-state index is 6.98. The van der Waals surface area contributed by atoms with E-state index in [-0.39, 0.29) is 26.2 Å². The van der Waals surface area contributed by atoms with Crippen molar-refractivity contribution < 1.29 is 25.8 Å². The molecule has 0 bridgehead atoms. The molecule has 0 aromatic carbocycles. The third kappa shape index (κ3) is 24.7. The van der Waals surface area contributed by atoms with Crippen molar-refractivity contribution in [1.29, 1.82) is 0 Å². The average Bonchev–Trinajstić information content (AvgIpc) is 2.50. The van der Waals surface area contributed by atoms with Crippen molar-refractivity contribution in [3.63, 3.8) is 0 Å². The fourth-order valence-electron chi connectivity index (χ4n) is 2.82. The summed E-state index contributed by atoms with van der Waals surface area (Å²) in [6.07, 6.45) is 22.0. The summed E-state index contributed by atoms with van der Waals surface area (Å²) in [7, 11) is 0. The van der Waals surface area contributed by atoms with Gasteiger partial charge < -0.3 is 10.5 Å². The van der Waals surface area contributed by atoms with Gasteiger partial charge in [0.05, 0.1) is 11.8 Å². The van der Waals surface area contributed by atoms with Gasteiger partial charge in [-0.25, -0.2) is 0 Å². The first kappa shape index (κ1) is 25.6. The predicted molar refractivity (Wildman–Crippen MR) is 102 cm³/mol. The summed E-state index contributed by atoms with van der Waals surface area (Å²) < 4.78 is 4.96. The van der Waals surface area contributed by atoms with E-state index in [1.165, 1.54) is 96.3 Å². The van der Waals surface area contributed by atoms with Crippen LogP contribution in [0.5, 0.6) is 0 Å². The number of unbranched alkanes of at least 4 members (excludes halogenated alkanes) is 15. The summed E-state index contributed by atoms with van der Waals surface area (Å²) in [5, 5.41) is -0.0686. The first-order valence-electron chi connectivity index (χ1n) is 9.65. The topological polar surface area (TPSA) is 33.0 Å². The third-order valence-electron chi connectivity index (χ3n) is 4.23. The third-order valence-corrected chi connectivity index (χ3v) is 4.35. The van der Waals surface area contributed by atoms with E-state index >= 15 is 0 Å². The van der Waals surface area contributed by atoms with Gasteiger partial charge in [0.15, 0.2) is 0 Å². The fraction of sp³-hybridized carbons (Fsp3) is 0.947. The van der Waals surface area contributed by atoms with Gasteiger partial charge in [0.2, 0.25) is 0 Å². The molecule has 0 rings (SSSR count). The standard InChI is InChI=1S/C19H39NOS.Mo/c1-2-3-4-5-6-7-8-9-10-11-12-13-14-15-16-17-18-21-19(20)22;/h2-18H2,1H3,(H2,20,22);/p-1. The zero-order chi connectivity index (χ0) is 16.3. The largest absolute Gasteiger partial charge is 0.659 e. The van der Waals surface area contributed by atoms with E-state index in [4.69, 9.17) is 10.5 Å². The van der Waals surface area contributed by atoms with E-state index in [9.17, 15) is 0 Å². The summed E-state index contributed by atoms with van der Waals surface area (Å²) in [4.78, 5) is 0. The van der Waals surface area contributed by atoms with Gasteiger partial charge in [-0.15, -0.1) is 0 Å². The van der Waals surface area contributed by atoms with E-state index in [0.717, 1.165) is 6.42 Å². The summed E-state index contributed by atoms with van der Waals surface area (Å²) in [5.41, 5.74) is 6.98. The van der Waals surface area contributed by atoms with Gasteiger partial charge in [0.25, 0.3) is 0 Å². The Hall–Kier alpha value is 0.378. The van der Waals surface area contributed by atoms with E-state index in [2.05, 4.69) is 19.1 Å². The molecule has 1 N–H and O–H groups in total. The Morgan fingerprint density at radius 1 is 0.652 bits per heavy atom. The molecule has 0 fully saturated rings. The first-order valence-corrected chi connectivity index (χ1v) is 10.1. The second kappa shape index (κ2) is 22.4. The van der Waals surface area contributed by atoms with Crippen LogP contribution in [0.3, 0.4) is 0 Å². The van der Waals surface area contributed by atoms with Gasteiger partial charge in [-0.1, -0.05) is 115 Å². The smallest absolute Gasteiger partial charge is 0.0867 e. The van der Waals surface area contributed by atoms with Gasteiger partial charge >= 0.3 is 0 Å². The van der Waals surface area contributed by atoms with Crippen molar-refractivity contribution in [3.8, 4) is 0 Å². The number of ether oxygens (including phenoxy) is 1. The molecule has 2 nitrogen and oxygen atoms in total. The van der Waals surface area contributed by atoms with Crippen LogP contribution in [0.15, 0.2) is 0 Å².